The fourth-order valence-electron chi connectivity index (χ4n) is 4.56. The van der Waals surface area contributed by atoms with Gasteiger partial charge in [-0.2, -0.15) is 0 Å². The van der Waals surface area contributed by atoms with Crippen molar-refractivity contribution in [1.29, 1.82) is 0 Å². The predicted octanol–water partition coefficient (Wildman–Crippen LogP) is 4.17. The van der Waals surface area contributed by atoms with Gasteiger partial charge in [0.15, 0.2) is 0 Å². The van der Waals surface area contributed by atoms with Gasteiger partial charge in [-0.05, 0) is 49.8 Å². The van der Waals surface area contributed by atoms with Crippen LogP contribution in [-0.4, -0.2) is 24.8 Å². The third-order valence-electron chi connectivity index (χ3n) is 5.86. The fourth-order valence-corrected chi connectivity index (χ4v) is 4.82. The number of hydrogen-bond acceptors (Lipinski definition) is 2. The molecule has 2 aliphatic heterocycles. The molecule has 3 aliphatic rings. The summed E-state index contributed by atoms with van der Waals surface area (Å²) in [6.45, 7) is 2.20. The van der Waals surface area contributed by atoms with Gasteiger partial charge < -0.3 is 10.1 Å². The van der Waals surface area contributed by atoms with Crippen LogP contribution in [0.25, 0.3) is 0 Å². The van der Waals surface area contributed by atoms with E-state index in [2.05, 4.69) is 45.5 Å². The lowest BCUT2D eigenvalue weighted by Crippen LogP contribution is -2.58. The Bertz CT molecular complexity index is 502. The van der Waals surface area contributed by atoms with E-state index >= 15 is 0 Å². The van der Waals surface area contributed by atoms with Crippen molar-refractivity contribution in [1.82, 2.24) is 5.32 Å². The highest BCUT2D eigenvalue weighted by molar-refractivity contribution is 9.10. The molecule has 21 heavy (non-hydrogen) atoms. The largest absolute Gasteiger partial charge is 0.372 e. The zero-order chi connectivity index (χ0) is 14.3. The van der Waals surface area contributed by atoms with E-state index in [9.17, 15) is 0 Å². The molecule has 1 N–H and O–H groups in total. The summed E-state index contributed by atoms with van der Waals surface area (Å²) >= 11 is 3.54. The molecular formula is C18H24BrNO. The second kappa shape index (κ2) is 5.36. The molecule has 1 spiro atoms. The Kier molecular flexibility index (Phi) is 3.63. The molecule has 1 atom stereocenters. The lowest BCUT2D eigenvalue weighted by Gasteiger charge is -2.45. The van der Waals surface area contributed by atoms with E-state index in [1.807, 2.05) is 0 Å². The summed E-state index contributed by atoms with van der Waals surface area (Å²) in [5.74, 6) is 0. The minimum absolute atomic E-state index is 0.267. The molecule has 1 aromatic rings. The van der Waals surface area contributed by atoms with E-state index in [0.29, 0.717) is 11.5 Å². The molecule has 1 aliphatic carbocycles. The topological polar surface area (TPSA) is 21.3 Å². The van der Waals surface area contributed by atoms with Gasteiger partial charge in [0.25, 0.3) is 0 Å². The molecule has 0 radical (unpaired) electrons. The van der Waals surface area contributed by atoms with Crippen molar-refractivity contribution in [2.45, 2.75) is 62.1 Å². The Morgan fingerprint density at radius 1 is 1.10 bits per heavy atom. The van der Waals surface area contributed by atoms with Crippen molar-refractivity contribution in [3.8, 4) is 0 Å². The van der Waals surface area contributed by atoms with Gasteiger partial charge in [-0.3, -0.25) is 0 Å². The van der Waals surface area contributed by atoms with Gasteiger partial charge in [0.05, 0.1) is 11.7 Å². The lowest BCUT2D eigenvalue weighted by atomic mass is 9.71. The van der Waals surface area contributed by atoms with E-state index in [1.54, 1.807) is 0 Å². The Labute approximate surface area is 135 Å². The normalized spacial score (nSPS) is 29.7. The van der Waals surface area contributed by atoms with Crippen LogP contribution in [0.5, 0.6) is 0 Å². The highest BCUT2D eigenvalue weighted by Crippen LogP contribution is 2.46. The first-order valence-electron chi connectivity index (χ1n) is 8.35. The molecule has 2 saturated heterocycles. The number of halogens is 1. The predicted molar refractivity (Wildman–Crippen MR) is 88.6 cm³/mol. The minimum Gasteiger partial charge on any atom is -0.372 e. The van der Waals surface area contributed by atoms with Crippen LogP contribution < -0.4 is 5.32 Å². The van der Waals surface area contributed by atoms with Crippen molar-refractivity contribution in [3.63, 3.8) is 0 Å². The van der Waals surface area contributed by atoms with Gasteiger partial charge in [-0.15, -0.1) is 0 Å². The molecule has 114 valence electrons. The first-order chi connectivity index (χ1) is 10.2. The van der Waals surface area contributed by atoms with Crippen molar-refractivity contribution in [3.05, 3.63) is 34.3 Å². The molecule has 1 unspecified atom stereocenters. The molecule has 0 amide bonds. The summed E-state index contributed by atoms with van der Waals surface area (Å²) in [6.07, 6.45) is 9.54. The van der Waals surface area contributed by atoms with Crippen LogP contribution in [0.3, 0.4) is 0 Å². The van der Waals surface area contributed by atoms with Crippen LogP contribution in [0.15, 0.2) is 28.7 Å². The molecule has 2 nitrogen and oxygen atoms in total. The van der Waals surface area contributed by atoms with E-state index in [4.69, 9.17) is 4.74 Å². The Morgan fingerprint density at radius 2 is 1.81 bits per heavy atom. The van der Waals surface area contributed by atoms with Crippen LogP contribution in [0.2, 0.25) is 0 Å². The zero-order valence-electron chi connectivity index (χ0n) is 12.5. The number of nitrogens with one attached hydrogen (secondary N) is 1. The molecule has 4 rings (SSSR count). The maximum Gasteiger partial charge on any atom is 0.0687 e. The van der Waals surface area contributed by atoms with E-state index in [-0.39, 0.29) is 5.60 Å². The quantitative estimate of drug-likeness (QED) is 0.883. The van der Waals surface area contributed by atoms with Crippen LogP contribution >= 0.6 is 15.9 Å². The minimum atomic E-state index is 0.267. The smallest absolute Gasteiger partial charge is 0.0687 e. The molecule has 0 bridgehead atoms. The average Bonchev–Trinajstić information content (AvgIpc) is 3.06. The van der Waals surface area contributed by atoms with Crippen molar-refractivity contribution in [2.75, 3.05) is 13.1 Å². The molecule has 3 fully saturated rings. The summed E-state index contributed by atoms with van der Waals surface area (Å²) in [6, 6.07) is 8.91. The zero-order valence-corrected chi connectivity index (χ0v) is 14.1. The van der Waals surface area contributed by atoms with Gasteiger partial charge >= 0.3 is 0 Å². The molecule has 3 heteroatoms. The third kappa shape index (κ3) is 2.58. The second-order valence-electron chi connectivity index (χ2n) is 7.26. The number of ether oxygens (including phenoxy) is 1. The monoisotopic (exact) mass is 349 g/mol. The standard InChI is InChI=1S/C18H24BrNO/c19-15-5-3-14(4-6-15)17(12-20-13-17)11-16-7-10-18(21-16)8-1-2-9-18/h3-6,16,20H,1-2,7-13H2. The number of hydrogen-bond donors (Lipinski definition) is 1. The average molecular weight is 350 g/mol. The molecular weight excluding hydrogens is 326 g/mol. The maximum atomic E-state index is 6.55. The van der Waals surface area contributed by atoms with Gasteiger partial charge in [0.2, 0.25) is 0 Å². The summed E-state index contributed by atoms with van der Waals surface area (Å²) in [7, 11) is 0. The van der Waals surface area contributed by atoms with Crippen LogP contribution in [0, 0.1) is 0 Å². The first kappa shape index (κ1) is 14.2. The maximum absolute atomic E-state index is 6.55. The second-order valence-corrected chi connectivity index (χ2v) is 8.18. The van der Waals surface area contributed by atoms with Crippen molar-refractivity contribution >= 4 is 15.9 Å². The highest BCUT2D eigenvalue weighted by Gasteiger charge is 2.47. The van der Waals surface area contributed by atoms with E-state index in [0.717, 1.165) is 17.6 Å². The molecule has 0 aromatic heterocycles. The SMILES string of the molecule is Brc1ccc(C2(CC3CCC4(CCCC4)O3)CNC2)cc1. The highest BCUT2D eigenvalue weighted by atomic mass is 79.9. The summed E-state index contributed by atoms with van der Waals surface area (Å²) in [5.41, 5.74) is 2.04. The lowest BCUT2D eigenvalue weighted by molar-refractivity contribution is -0.0501. The van der Waals surface area contributed by atoms with Gasteiger partial charge in [0, 0.05) is 23.0 Å². The van der Waals surface area contributed by atoms with Crippen LogP contribution in [0.4, 0.5) is 0 Å². The fraction of sp³-hybridized carbons (Fsp3) is 0.667. The summed E-state index contributed by atoms with van der Waals surface area (Å²) < 4.78 is 7.71. The van der Waals surface area contributed by atoms with Crippen molar-refractivity contribution in [2.24, 2.45) is 0 Å². The van der Waals surface area contributed by atoms with Gasteiger partial charge in [-0.1, -0.05) is 40.9 Å². The van der Waals surface area contributed by atoms with Gasteiger partial charge in [-0.25, -0.2) is 0 Å². The molecule has 1 aromatic carbocycles. The van der Waals surface area contributed by atoms with Gasteiger partial charge in [0.1, 0.15) is 0 Å². The summed E-state index contributed by atoms with van der Waals surface area (Å²) in [5, 5.41) is 3.48. The van der Waals surface area contributed by atoms with E-state index < -0.39 is 0 Å². The third-order valence-corrected chi connectivity index (χ3v) is 6.38. The van der Waals surface area contributed by atoms with Crippen LogP contribution in [0.1, 0.15) is 50.5 Å². The van der Waals surface area contributed by atoms with Crippen molar-refractivity contribution < 1.29 is 4.74 Å². The Morgan fingerprint density at radius 3 is 2.43 bits per heavy atom. The summed E-state index contributed by atoms with van der Waals surface area (Å²) in [4.78, 5) is 0. The first-order valence-corrected chi connectivity index (χ1v) is 9.14. The van der Waals surface area contributed by atoms with E-state index in [1.165, 1.54) is 50.5 Å². The number of benzene rings is 1. The molecule has 2 heterocycles. The molecule has 1 saturated carbocycles. The Hall–Kier alpha value is -0.380. The number of rotatable bonds is 3. The Balaban J connectivity index is 1.48. The van der Waals surface area contributed by atoms with Crippen LogP contribution in [-0.2, 0) is 10.2 Å².